The van der Waals surface area contributed by atoms with Crippen LogP contribution >= 0.6 is 15.9 Å². The average Bonchev–Trinajstić information content (AvgIpc) is 3.24. The number of hydrogen-bond donors (Lipinski definition) is 1. The highest BCUT2D eigenvalue weighted by Gasteiger charge is 2.14. The van der Waals surface area contributed by atoms with E-state index in [1.807, 2.05) is 24.3 Å². The first kappa shape index (κ1) is 21.6. The molecule has 0 atom stereocenters. The molecule has 4 aromatic rings. The number of rotatable bonds is 8. The van der Waals surface area contributed by atoms with Crippen LogP contribution < -0.4 is 19.5 Å². The molecule has 0 fully saturated rings. The summed E-state index contributed by atoms with van der Waals surface area (Å²) in [6.45, 7) is 0.585. The Morgan fingerprint density at radius 3 is 2.66 bits per heavy atom. The van der Waals surface area contributed by atoms with Crippen LogP contribution in [0.5, 0.6) is 17.4 Å². The monoisotopic (exact) mass is 497 g/mol. The van der Waals surface area contributed by atoms with Gasteiger partial charge in [0, 0.05) is 21.7 Å². The van der Waals surface area contributed by atoms with Crippen molar-refractivity contribution in [3.8, 4) is 28.8 Å². The fraction of sp³-hybridized carbons (Fsp3) is 0.182. The van der Waals surface area contributed by atoms with Gasteiger partial charge in [-0.3, -0.25) is 4.79 Å². The van der Waals surface area contributed by atoms with E-state index in [0.29, 0.717) is 41.0 Å². The fourth-order valence-electron chi connectivity index (χ4n) is 3.06. The highest BCUT2D eigenvalue weighted by atomic mass is 79.9. The molecule has 0 aliphatic heterocycles. The van der Waals surface area contributed by atoms with E-state index >= 15 is 0 Å². The minimum atomic E-state index is -0.173. The SMILES string of the molecule is COc1ccc(-c2nnc3ccc(OCCNC(=O)c4cccc(Br)c4)nn23)cc1OC. The second-order valence-corrected chi connectivity index (χ2v) is 7.57. The third-order valence-corrected chi connectivity index (χ3v) is 5.10. The second-order valence-electron chi connectivity index (χ2n) is 6.65. The zero-order valence-electron chi connectivity index (χ0n) is 17.4. The third kappa shape index (κ3) is 4.65. The van der Waals surface area contributed by atoms with E-state index in [9.17, 15) is 4.79 Å². The maximum absolute atomic E-state index is 12.2. The van der Waals surface area contributed by atoms with Crippen LogP contribution in [0.4, 0.5) is 0 Å². The number of fused-ring (bicyclic) bond motifs is 1. The molecule has 1 N–H and O–H groups in total. The van der Waals surface area contributed by atoms with Crippen LogP contribution in [-0.2, 0) is 0 Å². The molecule has 0 radical (unpaired) electrons. The van der Waals surface area contributed by atoms with Crippen molar-refractivity contribution in [3.63, 3.8) is 0 Å². The first-order valence-corrected chi connectivity index (χ1v) is 10.5. The van der Waals surface area contributed by atoms with Gasteiger partial charge in [0.1, 0.15) is 6.61 Å². The van der Waals surface area contributed by atoms with Crippen LogP contribution in [0, 0.1) is 0 Å². The Hall–Kier alpha value is -3.66. The number of amides is 1. The summed E-state index contributed by atoms with van der Waals surface area (Å²) in [6.07, 6.45) is 0. The van der Waals surface area contributed by atoms with Crippen LogP contribution in [0.15, 0.2) is 59.1 Å². The lowest BCUT2D eigenvalue weighted by molar-refractivity contribution is 0.0946. The zero-order valence-corrected chi connectivity index (χ0v) is 19.0. The van der Waals surface area contributed by atoms with Gasteiger partial charge in [0.15, 0.2) is 23.0 Å². The van der Waals surface area contributed by atoms with Gasteiger partial charge in [0.2, 0.25) is 5.88 Å². The summed E-state index contributed by atoms with van der Waals surface area (Å²) in [4.78, 5) is 12.2. The Bertz CT molecular complexity index is 1260. The Kier molecular flexibility index (Phi) is 6.50. The van der Waals surface area contributed by atoms with E-state index in [-0.39, 0.29) is 12.5 Å². The van der Waals surface area contributed by atoms with Crippen LogP contribution in [-0.4, -0.2) is 53.1 Å². The molecule has 0 saturated heterocycles. The van der Waals surface area contributed by atoms with Gasteiger partial charge < -0.3 is 19.5 Å². The van der Waals surface area contributed by atoms with E-state index in [2.05, 4.69) is 36.5 Å². The lowest BCUT2D eigenvalue weighted by atomic mass is 10.2. The van der Waals surface area contributed by atoms with E-state index in [1.165, 1.54) is 0 Å². The molecule has 1 amide bonds. The number of halogens is 1. The number of benzene rings is 2. The van der Waals surface area contributed by atoms with Gasteiger partial charge >= 0.3 is 0 Å². The smallest absolute Gasteiger partial charge is 0.251 e. The van der Waals surface area contributed by atoms with Crippen molar-refractivity contribution in [2.45, 2.75) is 0 Å². The van der Waals surface area contributed by atoms with Crippen molar-refractivity contribution < 1.29 is 19.0 Å². The van der Waals surface area contributed by atoms with Gasteiger partial charge in [-0.05, 0) is 42.5 Å². The molecule has 10 heteroatoms. The number of methoxy groups -OCH3 is 2. The summed E-state index contributed by atoms with van der Waals surface area (Å²) in [5.41, 5.74) is 1.91. The van der Waals surface area contributed by atoms with Gasteiger partial charge in [-0.1, -0.05) is 22.0 Å². The molecule has 2 aromatic carbocycles. The number of aromatic nitrogens is 4. The Morgan fingerprint density at radius 1 is 1.03 bits per heavy atom. The number of nitrogens with one attached hydrogen (secondary N) is 1. The number of nitrogens with zero attached hydrogens (tertiary/aromatic N) is 4. The molecule has 0 bridgehead atoms. The van der Waals surface area contributed by atoms with Gasteiger partial charge in [-0.25, -0.2) is 0 Å². The first-order chi connectivity index (χ1) is 15.6. The Balaban J connectivity index is 1.44. The highest BCUT2D eigenvalue weighted by molar-refractivity contribution is 9.10. The molecule has 9 nitrogen and oxygen atoms in total. The number of carbonyl (C=O) groups excluding carboxylic acids is 1. The number of ether oxygens (including phenoxy) is 3. The largest absolute Gasteiger partial charge is 0.493 e. The summed E-state index contributed by atoms with van der Waals surface area (Å²) >= 11 is 3.36. The summed E-state index contributed by atoms with van der Waals surface area (Å²) in [6, 6.07) is 16.1. The molecule has 0 spiro atoms. The lowest BCUT2D eigenvalue weighted by Crippen LogP contribution is -2.28. The second kappa shape index (κ2) is 9.65. The standard InChI is InChI=1S/C22H20BrN5O4/c1-30-17-7-6-14(13-18(17)31-2)21-26-25-19-8-9-20(27-28(19)21)32-11-10-24-22(29)15-4-3-5-16(23)12-15/h3-9,12-13H,10-11H2,1-2H3,(H,24,29). The zero-order chi connectivity index (χ0) is 22.5. The first-order valence-electron chi connectivity index (χ1n) is 9.70. The minimum absolute atomic E-state index is 0.173. The van der Waals surface area contributed by atoms with Crippen LogP contribution in [0.25, 0.3) is 17.0 Å². The minimum Gasteiger partial charge on any atom is -0.493 e. The molecule has 2 heterocycles. The summed E-state index contributed by atoms with van der Waals surface area (Å²) < 4.78 is 18.8. The van der Waals surface area contributed by atoms with Gasteiger partial charge in [-0.15, -0.1) is 15.3 Å². The average molecular weight is 498 g/mol. The highest BCUT2D eigenvalue weighted by Crippen LogP contribution is 2.31. The molecular weight excluding hydrogens is 478 g/mol. The van der Waals surface area contributed by atoms with Crippen LogP contribution in [0.3, 0.4) is 0 Å². The Morgan fingerprint density at radius 2 is 1.88 bits per heavy atom. The van der Waals surface area contributed by atoms with Gasteiger partial charge in [0.05, 0.1) is 20.8 Å². The topological polar surface area (TPSA) is 99.9 Å². The molecule has 32 heavy (non-hydrogen) atoms. The summed E-state index contributed by atoms with van der Waals surface area (Å²) in [5.74, 6) is 1.94. The normalized spacial score (nSPS) is 10.7. The van der Waals surface area contributed by atoms with Gasteiger partial charge in [-0.2, -0.15) is 4.52 Å². The van der Waals surface area contributed by atoms with Crippen molar-refractivity contribution in [1.29, 1.82) is 0 Å². The van der Waals surface area contributed by atoms with Gasteiger partial charge in [0.25, 0.3) is 5.91 Å². The maximum Gasteiger partial charge on any atom is 0.251 e. The van der Waals surface area contributed by atoms with E-state index in [4.69, 9.17) is 14.2 Å². The van der Waals surface area contributed by atoms with E-state index < -0.39 is 0 Å². The molecule has 164 valence electrons. The summed E-state index contributed by atoms with van der Waals surface area (Å²) in [7, 11) is 3.15. The molecule has 0 aliphatic rings. The number of hydrogen-bond acceptors (Lipinski definition) is 7. The molecule has 0 saturated carbocycles. The maximum atomic E-state index is 12.2. The van der Waals surface area contributed by atoms with Crippen molar-refractivity contribution in [1.82, 2.24) is 25.1 Å². The van der Waals surface area contributed by atoms with Crippen molar-refractivity contribution in [3.05, 3.63) is 64.6 Å². The van der Waals surface area contributed by atoms with Crippen molar-refractivity contribution in [2.75, 3.05) is 27.4 Å². The van der Waals surface area contributed by atoms with Crippen molar-refractivity contribution in [2.24, 2.45) is 0 Å². The van der Waals surface area contributed by atoms with Crippen LogP contribution in [0.1, 0.15) is 10.4 Å². The quantitative estimate of drug-likeness (QED) is 0.372. The van der Waals surface area contributed by atoms with E-state index in [1.54, 1.807) is 49.1 Å². The lowest BCUT2D eigenvalue weighted by Gasteiger charge is -2.09. The molecule has 4 rings (SSSR count). The predicted octanol–water partition coefficient (Wildman–Crippen LogP) is 3.38. The molecular formula is C22H20BrN5O4. The predicted molar refractivity (Wildman–Crippen MR) is 121 cm³/mol. The third-order valence-electron chi connectivity index (χ3n) is 4.60. The van der Waals surface area contributed by atoms with Crippen LogP contribution in [0.2, 0.25) is 0 Å². The summed E-state index contributed by atoms with van der Waals surface area (Å²) in [5, 5.41) is 15.7. The molecule has 2 aromatic heterocycles. The molecule has 0 unspecified atom stereocenters. The fourth-order valence-corrected chi connectivity index (χ4v) is 3.46. The Labute approximate surface area is 192 Å². The molecule has 0 aliphatic carbocycles. The van der Waals surface area contributed by atoms with E-state index in [0.717, 1.165) is 10.0 Å². The number of carbonyl (C=O) groups is 1. The van der Waals surface area contributed by atoms with Crippen molar-refractivity contribution >= 4 is 27.5 Å².